The molecule has 0 fully saturated rings. The average Bonchev–Trinajstić information content (AvgIpc) is 2.87. The van der Waals surface area contributed by atoms with Gasteiger partial charge in [0.2, 0.25) is 0 Å². The van der Waals surface area contributed by atoms with E-state index < -0.39 is 0 Å². The van der Waals surface area contributed by atoms with Crippen LogP contribution >= 0.6 is 0 Å². The molecule has 0 bridgehead atoms. The van der Waals surface area contributed by atoms with Crippen molar-refractivity contribution in [1.82, 2.24) is 9.55 Å². The van der Waals surface area contributed by atoms with Crippen LogP contribution in [-0.2, 0) is 12.8 Å². The van der Waals surface area contributed by atoms with Crippen molar-refractivity contribution in [1.29, 1.82) is 0 Å². The zero-order valence-electron chi connectivity index (χ0n) is 12.9. The van der Waals surface area contributed by atoms with E-state index in [-0.39, 0.29) is 0 Å². The molecule has 4 rings (SSSR count). The van der Waals surface area contributed by atoms with Crippen molar-refractivity contribution in [3.8, 4) is 0 Å². The molecule has 3 aromatic rings. The minimum Gasteiger partial charge on any atom is -0.320 e. The van der Waals surface area contributed by atoms with E-state index in [1.54, 1.807) is 5.56 Å². The van der Waals surface area contributed by atoms with E-state index in [1.807, 2.05) is 24.5 Å². The van der Waals surface area contributed by atoms with Gasteiger partial charge in [-0.05, 0) is 74.1 Å². The van der Waals surface area contributed by atoms with Crippen LogP contribution in [0.5, 0.6) is 0 Å². The highest BCUT2D eigenvalue weighted by atomic mass is 15.0. The fourth-order valence-corrected chi connectivity index (χ4v) is 3.50. The summed E-state index contributed by atoms with van der Waals surface area (Å²) in [6.07, 6.45) is 13.1. The van der Waals surface area contributed by atoms with E-state index in [9.17, 15) is 0 Å². The molecule has 1 aliphatic carbocycles. The van der Waals surface area contributed by atoms with Gasteiger partial charge in [0.1, 0.15) is 0 Å². The lowest BCUT2D eigenvalue weighted by Gasteiger charge is -2.13. The molecule has 1 aromatic carbocycles. The summed E-state index contributed by atoms with van der Waals surface area (Å²) < 4.78 is 2.39. The van der Waals surface area contributed by atoms with Gasteiger partial charge in [0.15, 0.2) is 0 Å². The summed E-state index contributed by atoms with van der Waals surface area (Å²) >= 11 is 0. The number of hydrogen-bond donors (Lipinski definition) is 0. The van der Waals surface area contributed by atoms with Gasteiger partial charge in [-0.3, -0.25) is 4.98 Å². The smallest absolute Gasteiger partial charge is 0.0528 e. The fourth-order valence-electron chi connectivity index (χ4n) is 3.50. The fraction of sp³-hybridized carbons (Fsp3) is 0.250. The third kappa shape index (κ3) is 2.25. The van der Waals surface area contributed by atoms with E-state index in [1.165, 1.54) is 53.4 Å². The zero-order valence-corrected chi connectivity index (χ0v) is 12.9. The molecule has 2 aromatic heterocycles. The summed E-state index contributed by atoms with van der Waals surface area (Å²) in [5.74, 6) is 0. The van der Waals surface area contributed by atoms with E-state index in [0.717, 1.165) is 0 Å². The molecule has 0 aliphatic heterocycles. The predicted molar refractivity (Wildman–Crippen MR) is 92.8 cm³/mol. The van der Waals surface area contributed by atoms with Crippen LogP contribution in [0, 0.1) is 6.92 Å². The molecule has 2 heteroatoms. The molecule has 2 nitrogen and oxygen atoms in total. The molecule has 0 atom stereocenters. The Bertz CT molecular complexity index is 841. The Morgan fingerprint density at radius 2 is 1.86 bits per heavy atom. The molecular weight excluding hydrogens is 268 g/mol. The van der Waals surface area contributed by atoms with Gasteiger partial charge in [0.05, 0.1) is 5.52 Å². The second-order valence-electron chi connectivity index (χ2n) is 6.12. The first-order chi connectivity index (χ1) is 10.8. The molecule has 0 saturated carbocycles. The number of rotatable bonds is 2. The van der Waals surface area contributed by atoms with Crippen LogP contribution in [0.15, 0.2) is 42.7 Å². The van der Waals surface area contributed by atoms with Crippen molar-refractivity contribution in [2.75, 3.05) is 0 Å². The first-order valence-electron chi connectivity index (χ1n) is 8.03. The van der Waals surface area contributed by atoms with Crippen molar-refractivity contribution in [2.24, 2.45) is 0 Å². The van der Waals surface area contributed by atoms with E-state index in [4.69, 9.17) is 0 Å². The third-order valence-corrected chi connectivity index (χ3v) is 4.59. The number of nitrogens with zero attached hydrogens (tertiary/aromatic N) is 2. The average molecular weight is 288 g/mol. The maximum Gasteiger partial charge on any atom is 0.0528 e. The first kappa shape index (κ1) is 13.3. The Labute approximate surface area is 131 Å². The van der Waals surface area contributed by atoms with E-state index in [2.05, 4.69) is 46.9 Å². The summed E-state index contributed by atoms with van der Waals surface area (Å²) in [6.45, 7) is 2.18. The van der Waals surface area contributed by atoms with Crippen molar-refractivity contribution in [3.05, 3.63) is 65.1 Å². The third-order valence-electron chi connectivity index (χ3n) is 4.59. The van der Waals surface area contributed by atoms with Crippen LogP contribution in [0.1, 0.15) is 35.2 Å². The summed E-state index contributed by atoms with van der Waals surface area (Å²) in [4.78, 5) is 4.08. The van der Waals surface area contributed by atoms with Gasteiger partial charge in [0, 0.05) is 29.7 Å². The molecule has 0 spiro atoms. The van der Waals surface area contributed by atoms with Gasteiger partial charge in [-0.1, -0.05) is 11.6 Å². The topological polar surface area (TPSA) is 17.8 Å². The molecule has 2 heterocycles. The molecule has 22 heavy (non-hydrogen) atoms. The summed E-state index contributed by atoms with van der Waals surface area (Å²) in [7, 11) is 0. The number of fused-ring (bicyclic) bond motifs is 3. The second kappa shape index (κ2) is 5.45. The van der Waals surface area contributed by atoms with E-state index >= 15 is 0 Å². The highest BCUT2D eigenvalue weighted by Crippen LogP contribution is 2.33. The minimum atomic E-state index is 1.18. The predicted octanol–water partition coefficient (Wildman–Crippen LogP) is 4.85. The van der Waals surface area contributed by atoms with Gasteiger partial charge in [-0.25, -0.2) is 0 Å². The quantitative estimate of drug-likeness (QED) is 0.659. The molecule has 110 valence electrons. The molecule has 1 aliphatic rings. The number of aromatic nitrogens is 2. The molecule has 0 amide bonds. The maximum atomic E-state index is 4.08. The van der Waals surface area contributed by atoms with Gasteiger partial charge < -0.3 is 4.57 Å². The van der Waals surface area contributed by atoms with Crippen LogP contribution in [0.25, 0.3) is 23.2 Å². The Kier molecular flexibility index (Phi) is 3.30. The standard InChI is InChI=1S/C20H20N2/c1-15-6-7-20-18(14-15)17-4-2-3-5-19(17)22(20)13-10-16-8-11-21-12-9-16/h6-14H,2-5H2,1H3/b13-10+. The van der Waals surface area contributed by atoms with Gasteiger partial charge in [-0.15, -0.1) is 0 Å². The highest BCUT2D eigenvalue weighted by molar-refractivity contribution is 5.89. The van der Waals surface area contributed by atoms with Gasteiger partial charge in [-0.2, -0.15) is 0 Å². The normalized spacial score (nSPS) is 14.6. The monoisotopic (exact) mass is 288 g/mol. The molecular formula is C20H20N2. The van der Waals surface area contributed by atoms with Crippen molar-refractivity contribution < 1.29 is 0 Å². The summed E-state index contributed by atoms with van der Waals surface area (Å²) in [5, 5.41) is 1.44. The number of benzene rings is 1. The maximum absolute atomic E-state index is 4.08. The lowest BCUT2D eigenvalue weighted by atomic mass is 9.95. The van der Waals surface area contributed by atoms with E-state index in [0.29, 0.717) is 0 Å². The SMILES string of the molecule is Cc1ccc2c(c1)c1c(n2/C=C/c2ccncc2)CCCC1. The Morgan fingerprint density at radius 3 is 2.73 bits per heavy atom. The summed E-state index contributed by atoms with van der Waals surface area (Å²) in [6, 6.07) is 10.9. The summed E-state index contributed by atoms with van der Waals surface area (Å²) in [5.41, 5.74) is 6.92. The van der Waals surface area contributed by atoms with Gasteiger partial charge in [0.25, 0.3) is 0 Å². The van der Waals surface area contributed by atoms with Crippen molar-refractivity contribution >= 4 is 23.2 Å². The minimum absolute atomic E-state index is 1.18. The highest BCUT2D eigenvalue weighted by Gasteiger charge is 2.18. The Hall–Kier alpha value is -2.35. The van der Waals surface area contributed by atoms with Crippen molar-refractivity contribution in [2.45, 2.75) is 32.6 Å². The zero-order chi connectivity index (χ0) is 14.9. The lowest BCUT2D eigenvalue weighted by molar-refractivity contribution is 0.671. The number of aryl methyl sites for hydroxylation is 2. The molecule has 0 N–H and O–H groups in total. The number of hydrogen-bond acceptors (Lipinski definition) is 1. The molecule has 0 unspecified atom stereocenters. The van der Waals surface area contributed by atoms with Crippen LogP contribution in [0.2, 0.25) is 0 Å². The molecule has 0 saturated heterocycles. The largest absolute Gasteiger partial charge is 0.320 e. The van der Waals surface area contributed by atoms with Crippen LogP contribution in [-0.4, -0.2) is 9.55 Å². The molecule has 0 radical (unpaired) electrons. The van der Waals surface area contributed by atoms with Gasteiger partial charge >= 0.3 is 0 Å². The van der Waals surface area contributed by atoms with Crippen LogP contribution in [0.4, 0.5) is 0 Å². The Morgan fingerprint density at radius 1 is 1.05 bits per heavy atom. The van der Waals surface area contributed by atoms with Crippen molar-refractivity contribution in [3.63, 3.8) is 0 Å². The van der Waals surface area contributed by atoms with Crippen LogP contribution in [0.3, 0.4) is 0 Å². The first-order valence-corrected chi connectivity index (χ1v) is 8.03. The van der Waals surface area contributed by atoms with Crippen LogP contribution < -0.4 is 0 Å². The lowest BCUT2D eigenvalue weighted by Crippen LogP contribution is -2.04. The second-order valence-corrected chi connectivity index (χ2v) is 6.12. The number of pyridine rings is 1. The Balaban J connectivity index is 1.88.